The average molecular weight is 327 g/mol. The molecule has 2 heterocycles. The van der Waals surface area contributed by atoms with E-state index in [-0.39, 0.29) is 5.92 Å². The Bertz CT molecular complexity index is 667. The number of nitrogens with one attached hydrogen (secondary N) is 1. The van der Waals surface area contributed by atoms with Crippen LogP contribution in [0.4, 0.5) is 13.2 Å². The maximum Gasteiger partial charge on any atom is 0.401 e. The number of rotatable bonds is 5. The molecule has 126 valence electrons. The lowest BCUT2D eigenvalue weighted by atomic mass is 10.1. The van der Waals surface area contributed by atoms with E-state index in [9.17, 15) is 13.2 Å². The quantitative estimate of drug-likeness (QED) is 0.912. The fourth-order valence-electron chi connectivity index (χ4n) is 3.09. The first-order valence-electron chi connectivity index (χ1n) is 7.69. The molecule has 1 aromatic heterocycles. The third-order valence-electron chi connectivity index (χ3n) is 4.21. The summed E-state index contributed by atoms with van der Waals surface area (Å²) in [7, 11) is 1.85. The molecule has 0 radical (unpaired) electrons. The number of likely N-dealkylation sites (tertiary alicyclic amines) is 1. The van der Waals surface area contributed by atoms with Crippen LogP contribution in [0.1, 0.15) is 12.0 Å². The van der Waals surface area contributed by atoms with E-state index < -0.39 is 12.7 Å². The van der Waals surface area contributed by atoms with Crippen LogP contribution in [0.15, 0.2) is 18.2 Å². The Balaban J connectivity index is 1.46. The van der Waals surface area contributed by atoms with Gasteiger partial charge in [0.2, 0.25) is 0 Å². The molecule has 1 saturated heterocycles. The van der Waals surface area contributed by atoms with Crippen LogP contribution in [0.5, 0.6) is 0 Å². The van der Waals surface area contributed by atoms with Gasteiger partial charge in [0, 0.05) is 20.1 Å². The number of benzene rings is 1. The Kier molecular flexibility index (Phi) is 4.54. The fourth-order valence-corrected chi connectivity index (χ4v) is 3.09. The number of alkyl halides is 3. The maximum absolute atomic E-state index is 12.4. The Hall–Kier alpha value is -1.67. The standard InChI is InChI=1S/C15H20F3N5/c1-22-14-3-2-11(6-13(14)20-21-22)7-19-8-12-4-5-23(9-12)10-15(16,17)18/h2-3,6,12,19H,4-5,7-10H2,1H3/t12-/m0/s1. The third kappa shape index (κ3) is 4.20. The molecule has 1 N–H and O–H groups in total. The van der Waals surface area contributed by atoms with Gasteiger partial charge in [-0.15, -0.1) is 5.10 Å². The van der Waals surface area contributed by atoms with Crippen LogP contribution in [-0.2, 0) is 13.6 Å². The minimum Gasteiger partial charge on any atom is -0.312 e. The summed E-state index contributed by atoms with van der Waals surface area (Å²) in [6.45, 7) is 1.65. The predicted octanol–water partition coefficient (Wildman–Crippen LogP) is 1.94. The van der Waals surface area contributed by atoms with Crippen molar-refractivity contribution in [3.8, 4) is 0 Å². The molecule has 8 heteroatoms. The normalized spacial score (nSPS) is 19.7. The second-order valence-corrected chi connectivity index (χ2v) is 6.17. The molecular formula is C15H20F3N5. The van der Waals surface area contributed by atoms with Gasteiger partial charge in [0.1, 0.15) is 5.52 Å². The molecule has 0 amide bonds. The number of nitrogens with zero attached hydrogens (tertiary/aromatic N) is 4. The number of aromatic nitrogens is 3. The molecule has 0 unspecified atom stereocenters. The smallest absolute Gasteiger partial charge is 0.312 e. The number of hydrogen-bond acceptors (Lipinski definition) is 4. The van der Waals surface area contributed by atoms with E-state index in [1.165, 1.54) is 4.90 Å². The molecule has 3 rings (SSSR count). The molecule has 23 heavy (non-hydrogen) atoms. The highest BCUT2D eigenvalue weighted by Crippen LogP contribution is 2.22. The van der Waals surface area contributed by atoms with Crippen LogP contribution in [0.2, 0.25) is 0 Å². The van der Waals surface area contributed by atoms with Gasteiger partial charge in [-0.25, -0.2) is 4.68 Å². The van der Waals surface area contributed by atoms with Gasteiger partial charge in [-0.3, -0.25) is 4.90 Å². The van der Waals surface area contributed by atoms with Crippen LogP contribution in [-0.4, -0.2) is 52.2 Å². The molecule has 1 aromatic carbocycles. The summed E-state index contributed by atoms with van der Waals surface area (Å²) in [4.78, 5) is 1.48. The zero-order chi connectivity index (χ0) is 16.4. The monoisotopic (exact) mass is 327 g/mol. The molecule has 1 fully saturated rings. The number of halogens is 3. The van der Waals surface area contributed by atoms with E-state index in [1.807, 2.05) is 25.2 Å². The van der Waals surface area contributed by atoms with Crippen LogP contribution >= 0.6 is 0 Å². The lowest BCUT2D eigenvalue weighted by molar-refractivity contribution is -0.143. The zero-order valence-electron chi connectivity index (χ0n) is 13.0. The Morgan fingerprint density at radius 3 is 2.96 bits per heavy atom. The van der Waals surface area contributed by atoms with Crippen molar-refractivity contribution in [3.63, 3.8) is 0 Å². The average Bonchev–Trinajstić information content (AvgIpc) is 3.05. The molecule has 1 aliphatic rings. The van der Waals surface area contributed by atoms with Gasteiger partial charge >= 0.3 is 6.18 Å². The summed E-state index contributed by atoms with van der Waals surface area (Å²) in [6, 6.07) is 5.98. The highest BCUT2D eigenvalue weighted by Gasteiger charge is 2.34. The summed E-state index contributed by atoms with van der Waals surface area (Å²) < 4.78 is 38.8. The van der Waals surface area contributed by atoms with Gasteiger partial charge in [0.05, 0.1) is 12.1 Å². The first-order valence-corrected chi connectivity index (χ1v) is 7.69. The summed E-state index contributed by atoms with van der Waals surface area (Å²) in [6.07, 6.45) is -3.29. The Labute approximate surface area is 132 Å². The zero-order valence-corrected chi connectivity index (χ0v) is 13.0. The molecule has 1 aliphatic heterocycles. The molecule has 0 aliphatic carbocycles. The first kappa shape index (κ1) is 16.2. The van der Waals surface area contributed by atoms with Crippen LogP contribution < -0.4 is 5.32 Å². The lowest BCUT2D eigenvalue weighted by Crippen LogP contribution is -2.33. The van der Waals surface area contributed by atoms with Gasteiger partial charge in [-0.1, -0.05) is 11.3 Å². The van der Waals surface area contributed by atoms with Crippen molar-refractivity contribution >= 4 is 11.0 Å². The number of hydrogen-bond donors (Lipinski definition) is 1. The van der Waals surface area contributed by atoms with Crippen LogP contribution in [0, 0.1) is 5.92 Å². The second-order valence-electron chi connectivity index (χ2n) is 6.17. The molecule has 0 saturated carbocycles. The van der Waals surface area contributed by atoms with Gasteiger partial charge in [-0.2, -0.15) is 13.2 Å². The van der Waals surface area contributed by atoms with Gasteiger partial charge in [-0.05, 0) is 43.1 Å². The molecule has 1 atom stereocenters. The molecule has 2 aromatic rings. The Morgan fingerprint density at radius 1 is 1.35 bits per heavy atom. The minimum absolute atomic E-state index is 0.276. The molecule has 0 bridgehead atoms. The number of fused-ring (bicyclic) bond motifs is 1. The van der Waals surface area contributed by atoms with Crippen molar-refractivity contribution in [1.82, 2.24) is 25.2 Å². The summed E-state index contributed by atoms with van der Waals surface area (Å²) >= 11 is 0. The second kappa shape index (κ2) is 6.45. The van der Waals surface area contributed by atoms with Crippen molar-refractivity contribution in [2.24, 2.45) is 13.0 Å². The maximum atomic E-state index is 12.4. The third-order valence-corrected chi connectivity index (χ3v) is 4.21. The minimum atomic E-state index is -4.10. The fraction of sp³-hybridized carbons (Fsp3) is 0.600. The lowest BCUT2D eigenvalue weighted by Gasteiger charge is -2.18. The van der Waals surface area contributed by atoms with Crippen LogP contribution in [0.3, 0.4) is 0 Å². The van der Waals surface area contributed by atoms with Crippen molar-refractivity contribution < 1.29 is 13.2 Å². The van der Waals surface area contributed by atoms with Crippen molar-refractivity contribution in [3.05, 3.63) is 23.8 Å². The van der Waals surface area contributed by atoms with E-state index in [1.54, 1.807) is 4.68 Å². The topological polar surface area (TPSA) is 46.0 Å². The van der Waals surface area contributed by atoms with E-state index >= 15 is 0 Å². The summed E-state index contributed by atoms with van der Waals surface area (Å²) in [5.74, 6) is 0.276. The van der Waals surface area contributed by atoms with Crippen molar-refractivity contribution in [2.75, 3.05) is 26.2 Å². The first-order chi connectivity index (χ1) is 10.9. The summed E-state index contributed by atoms with van der Waals surface area (Å²) in [5.41, 5.74) is 2.93. The summed E-state index contributed by atoms with van der Waals surface area (Å²) in [5, 5.41) is 11.4. The number of aryl methyl sites for hydroxylation is 1. The SMILES string of the molecule is Cn1nnc2cc(CNC[C@@H]3CCN(CC(F)(F)F)C3)ccc21. The van der Waals surface area contributed by atoms with E-state index in [2.05, 4.69) is 15.6 Å². The van der Waals surface area contributed by atoms with Gasteiger partial charge in [0.15, 0.2) is 0 Å². The predicted molar refractivity (Wildman–Crippen MR) is 80.8 cm³/mol. The van der Waals surface area contributed by atoms with E-state index in [4.69, 9.17) is 0 Å². The van der Waals surface area contributed by atoms with Crippen molar-refractivity contribution in [2.45, 2.75) is 19.1 Å². The van der Waals surface area contributed by atoms with Gasteiger partial charge in [0.25, 0.3) is 0 Å². The van der Waals surface area contributed by atoms with E-state index in [0.29, 0.717) is 19.6 Å². The largest absolute Gasteiger partial charge is 0.401 e. The highest BCUT2D eigenvalue weighted by atomic mass is 19.4. The van der Waals surface area contributed by atoms with E-state index in [0.717, 1.165) is 29.6 Å². The molecular weight excluding hydrogens is 307 g/mol. The Morgan fingerprint density at radius 2 is 2.17 bits per heavy atom. The van der Waals surface area contributed by atoms with Crippen molar-refractivity contribution in [1.29, 1.82) is 0 Å². The molecule has 0 spiro atoms. The van der Waals surface area contributed by atoms with Gasteiger partial charge < -0.3 is 5.32 Å². The highest BCUT2D eigenvalue weighted by molar-refractivity contribution is 5.74. The molecule has 5 nitrogen and oxygen atoms in total. The van der Waals surface area contributed by atoms with Crippen LogP contribution in [0.25, 0.3) is 11.0 Å².